The second kappa shape index (κ2) is 7.10. The lowest BCUT2D eigenvalue weighted by Gasteiger charge is -2.27. The minimum atomic E-state index is -1.34. The number of fused-ring (bicyclic) bond motifs is 1. The molecule has 0 fully saturated rings. The van der Waals surface area contributed by atoms with Gasteiger partial charge in [0.1, 0.15) is 5.76 Å². The lowest BCUT2D eigenvalue weighted by molar-refractivity contribution is 0.0586. The first kappa shape index (κ1) is 17.7. The molecule has 0 aliphatic carbocycles. The molecule has 0 radical (unpaired) electrons. The molecule has 0 amide bonds. The Morgan fingerprint density at radius 3 is 2.41 bits per heavy atom. The van der Waals surface area contributed by atoms with E-state index in [1.807, 2.05) is 66.7 Å². The Morgan fingerprint density at radius 1 is 0.963 bits per heavy atom. The first-order chi connectivity index (χ1) is 13.1. The molecule has 3 aromatic carbocycles. The number of furan rings is 1. The number of ether oxygens (including phenoxy) is 1. The zero-order valence-corrected chi connectivity index (χ0v) is 15.6. The molecule has 4 heteroatoms. The molecular formula is C23H19ClO3. The topological polar surface area (TPSA) is 42.6 Å². The van der Waals surface area contributed by atoms with Crippen LogP contribution in [0.25, 0.3) is 11.0 Å². The molecule has 4 aromatic rings. The number of hydrogen-bond donors (Lipinski definition) is 1. The normalized spacial score (nSPS) is 13.4. The van der Waals surface area contributed by atoms with E-state index in [9.17, 15) is 5.11 Å². The Bertz CT molecular complexity index is 1050. The van der Waals surface area contributed by atoms with Gasteiger partial charge in [-0.2, -0.15) is 0 Å². The molecule has 0 aliphatic rings. The summed E-state index contributed by atoms with van der Waals surface area (Å²) in [5.41, 5.74) is 1.00. The molecule has 1 heterocycles. The Labute approximate surface area is 162 Å². The van der Waals surface area contributed by atoms with E-state index in [4.69, 9.17) is 20.8 Å². The minimum Gasteiger partial charge on any atom is -0.493 e. The fourth-order valence-corrected chi connectivity index (χ4v) is 3.48. The minimum absolute atomic E-state index is 0.373. The Hall–Kier alpha value is -2.75. The summed E-state index contributed by atoms with van der Waals surface area (Å²) in [6.45, 7) is 0. The fraction of sp³-hybridized carbons (Fsp3) is 0.130. The predicted octanol–water partition coefficient (Wildman–Crippen LogP) is 5.57. The van der Waals surface area contributed by atoms with Gasteiger partial charge >= 0.3 is 0 Å². The van der Waals surface area contributed by atoms with Crippen LogP contribution in [0.3, 0.4) is 0 Å². The average Bonchev–Trinajstić information content (AvgIpc) is 3.14. The number of rotatable bonds is 5. The van der Waals surface area contributed by atoms with Crippen LogP contribution >= 0.6 is 11.6 Å². The van der Waals surface area contributed by atoms with Crippen molar-refractivity contribution in [3.05, 3.63) is 101 Å². The van der Waals surface area contributed by atoms with E-state index in [0.717, 1.165) is 10.9 Å². The number of aliphatic hydroxyl groups is 1. The highest BCUT2D eigenvalue weighted by Gasteiger charge is 2.36. The van der Waals surface area contributed by atoms with Crippen molar-refractivity contribution in [2.24, 2.45) is 0 Å². The van der Waals surface area contributed by atoms with Gasteiger partial charge in [-0.25, -0.2) is 0 Å². The molecule has 0 bridgehead atoms. The summed E-state index contributed by atoms with van der Waals surface area (Å²) in [5, 5.41) is 13.3. The summed E-state index contributed by atoms with van der Waals surface area (Å²) in [5.74, 6) is 1.10. The van der Waals surface area contributed by atoms with E-state index < -0.39 is 5.60 Å². The van der Waals surface area contributed by atoms with Gasteiger partial charge in [0.2, 0.25) is 0 Å². The Morgan fingerprint density at radius 2 is 1.70 bits per heavy atom. The maximum atomic E-state index is 11.8. The molecule has 1 unspecified atom stereocenters. The van der Waals surface area contributed by atoms with Crippen LogP contribution in [-0.4, -0.2) is 12.2 Å². The third-order valence-electron chi connectivity index (χ3n) is 4.76. The van der Waals surface area contributed by atoms with Gasteiger partial charge in [0, 0.05) is 16.8 Å². The molecule has 1 aromatic heterocycles. The average molecular weight is 379 g/mol. The van der Waals surface area contributed by atoms with E-state index in [1.54, 1.807) is 19.2 Å². The van der Waals surface area contributed by atoms with E-state index in [0.29, 0.717) is 34.1 Å². The van der Waals surface area contributed by atoms with Crippen molar-refractivity contribution in [1.29, 1.82) is 0 Å². The molecule has 0 saturated heterocycles. The second-order valence-electron chi connectivity index (χ2n) is 6.52. The van der Waals surface area contributed by atoms with Crippen molar-refractivity contribution in [2.75, 3.05) is 7.11 Å². The second-order valence-corrected chi connectivity index (χ2v) is 6.96. The molecule has 4 rings (SSSR count). The van der Waals surface area contributed by atoms with Crippen LogP contribution < -0.4 is 4.74 Å². The highest BCUT2D eigenvalue weighted by molar-refractivity contribution is 6.30. The summed E-state index contributed by atoms with van der Waals surface area (Å²) in [6.07, 6.45) is 0.373. The van der Waals surface area contributed by atoms with Crippen molar-refractivity contribution in [3.63, 3.8) is 0 Å². The molecular weight excluding hydrogens is 360 g/mol. The Balaban J connectivity index is 1.88. The van der Waals surface area contributed by atoms with Crippen molar-refractivity contribution in [2.45, 2.75) is 12.0 Å². The van der Waals surface area contributed by atoms with Crippen LogP contribution in [0.4, 0.5) is 0 Å². The van der Waals surface area contributed by atoms with Crippen LogP contribution in [0.1, 0.15) is 16.9 Å². The summed E-state index contributed by atoms with van der Waals surface area (Å²) >= 11 is 6.05. The number of para-hydroxylation sites is 1. The quantitative estimate of drug-likeness (QED) is 0.493. The molecule has 1 N–H and O–H groups in total. The molecule has 0 aliphatic heterocycles. The van der Waals surface area contributed by atoms with Gasteiger partial charge in [-0.1, -0.05) is 66.2 Å². The number of halogens is 1. The van der Waals surface area contributed by atoms with Gasteiger partial charge in [0.25, 0.3) is 0 Å². The summed E-state index contributed by atoms with van der Waals surface area (Å²) < 4.78 is 11.5. The van der Waals surface area contributed by atoms with E-state index in [1.165, 1.54) is 0 Å². The van der Waals surface area contributed by atoms with Crippen molar-refractivity contribution in [1.82, 2.24) is 0 Å². The summed E-state index contributed by atoms with van der Waals surface area (Å²) in [6, 6.07) is 24.6. The van der Waals surface area contributed by atoms with Crippen molar-refractivity contribution >= 4 is 22.6 Å². The van der Waals surface area contributed by atoms with Crippen LogP contribution in [-0.2, 0) is 12.0 Å². The van der Waals surface area contributed by atoms with Gasteiger partial charge in [0.15, 0.2) is 16.9 Å². The van der Waals surface area contributed by atoms with Crippen molar-refractivity contribution in [3.8, 4) is 5.75 Å². The zero-order valence-electron chi connectivity index (χ0n) is 14.9. The third kappa shape index (κ3) is 3.32. The molecule has 0 spiro atoms. The monoisotopic (exact) mass is 378 g/mol. The van der Waals surface area contributed by atoms with Crippen LogP contribution in [0.5, 0.6) is 5.75 Å². The van der Waals surface area contributed by atoms with E-state index in [-0.39, 0.29) is 0 Å². The summed E-state index contributed by atoms with van der Waals surface area (Å²) in [4.78, 5) is 0. The van der Waals surface area contributed by atoms with Gasteiger partial charge < -0.3 is 14.3 Å². The fourth-order valence-electron chi connectivity index (χ4n) is 3.35. The SMILES string of the molecule is COc1cccc2cc(C(O)(Cc3ccccc3)c3ccc(Cl)cc3)oc12. The lowest BCUT2D eigenvalue weighted by Crippen LogP contribution is -2.29. The third-order valence-corrected chi connectivity index (χ3v) is 5.01. The Kier molecular flexibility index (Phi) is 4.65. The maximum absolute atomic E-state index is 11.8. The maximum Gasteiger partial charge on any atom is 0.176 e. The van der Waals surface area contributed by atoms with Crippen molar-refractivity contribution < 1.29 is 14.3 Å². The standard InChI is InChI=1S/C23H19ClO3/c1-26-20-9-5-8-17-14-21(27-22(17)20)23(25,15-16-6-3-2-4-7-16)18-10-12-19(24)13-11-18/h2-14,25H,15H2,1H3. The predicted molar refractivity (Wildman–Crippen MR) is 107 cm³/mol. The first-order valence-electron chi connectivity index (χ1n) is 8.69. The van der Waals surface area contributed by atoms with Crippen LogP contribution in [0.2, 0.25) is 5.02 Å². The molecule has 0 saturated carbocycles. The number of methoxy groups -OCH3 is 1. The highest BCUT2D eigenvalue weighted by atomic mass is 35.5. The smallest absolute Gasteiger partial charge is 0.176 e. The van der Waals surface area contributed by atoms with Gasteiger partial charge in [-0.15, -0.1) is 0 Å². The van der Waals surface area contributed by atoms with Crippen LogP contribution in [0, 0.1) is 0 Å². The van der Waals surface area contributed by atoms with Gasteiger partial charge in [-0.3, -0.25) is 0 Å². The van der Waals surface area contributed by atoms with Gasteiger partial charge in [0.05, 0.1) is 7.11 Å². The zero-order chi connectivity index (χ0) is 18.9. The molecule has 27 heavy (non-hydrogen) atoms. The number of benzene rings is 3. The highest BCUT2D eigenvalue weighted by Crippen LogP contribution is 2.39. The number of hydrogen-bond acceptors (Lipinski definition) is 3. The lowest BCUT2D eigenvalue weighted by atomic mass is 9.85. The van der Waals surface area contributed by atoms with Gasteiger partial charge in [-0.05, 0) is 35.4 Å². The largest absolute Gasteiger partial charge is 0.493 e. The molecule has 1 atom stereocenters. The van der Waals surface area contributed by atoms with Crippen LogP contribution in [0.15, 0.2) is 83.3 Å². The summed E-state index contributed by atoms with van der Waals surface area (Å²) in [7, 11) is 1.60. The van der Waals surface area contributed by atoms with E-state index in [2.05, 4.69) is 0 Å². The molecule has 3 nitrogen and oxygen atoms in total. The molecule has 136 valence electrons. The van der Waals surface area contributed by atoms with E-state index >= 15 is 0 Å². The first-order valence-corrected chi connectivity index (χ1v) is 9.07.